The lowest BCUT2D eigenvalue weighted by atomic mass is 10.1. The summed E-state index contributed by atoms with van der Waals surface area (Å²) in [5.74, 6) is 0.719. The van der Waals surface area contributed by atoms with E-state index in [1.807, 2.05) is 31.2 Å². The largest absolute Gasteiger partial charge is 0.496 e. The van der Waals surface area contributed by atoms with Crippen molar-refractivity contribution in [2.75, 3.05) is 7.11 Å². The van der Waals surface area contributed by atoms with Crippen LogP contribution in [-0.4, -0.2) is 23.3 Å². The molecular formula is C18H15BrN2O4. The van der Waals surface area contributed by atoms with Crippen molar-refractivity contribution in [1.29, 1.82) is 0 Å². The third-order valence-corrected chi connectivity index (χ3v) is 4.23. The second-order valence-corrected chi connectivity index (χ2v) is 6.10. The highest BCUT2D eigenvalue weighted by atomic mass is 79.9. The summed E-state index contributed by atoms with van der Waals surface area (Å²) in [5, 5.41) is 7.89. The summed E-state index contributed by atoms with van der Waals surface area (Å²) >= 11 is 3.43. The number of rotatable bonds is 5. The van der Waals surface area contributed by atoms with E-state index in [-0.39, 0.29) is 12.5 Å². The zero-order valence-corrected chi connectivity index (χ0v) is 15.2. The Balaban J connectivity index is 1.68. The zero-order valence-electron chi connectivity index (χ0n) is 13.7. The van der Waals surface area contributed by atoms with Crippen molar-refractivity contribution in [3.8, 4) is 17.2 Å². The highest BCUT2D eigenvalue weighted by molar-refractivity contribution is 9.10. The minimum atomic E-state index is -0.487. The van der Waals surface area contributed by atoms with Gasteiger partial charge in [0.05, 0.1) is 18.2 Å². The lowest BCUT2D eigenvalue weighted by molar-refractivity contribution is 0.0438. The molecule has 0 aliphatic carbocycles. The predicted molar refractivity (Wildman–Crippen MR) is 94.3 cm³/mol. The van der Waals surface area contributed by atoms with E-state index >= 15 is 0 Å². The van der Waals surface area contributed by atoms with Gasteiger partial charge in [-0.1, -0.05) is 18.2 Å². The Hall–Kier alpha value is -2.67. The number of nitrogens with zero attached hydrogens (tertiary/aromatic N) is 2. The van der Waals surface area contributed by atoms with Crippen LogP contribution >= 0.6 is 15.9 Å². The maximum Gasteiger partial charge on any atom is 0.338 e. The molecule has 2 aromatic carbocycles. The molecule has 0 atom stereocenters. The van der Waals surface area contributed by atoms with E-state index in [9.17, 15) is 4.79 Å². The second kappa shape index (κ2) is 7.48. The summed E-state index contributed by atoms with van der Waals surface area (Å²) in [6.07, 6.45) is 0. The number of aromatic nitrogens is 2. The molecule has 0 bridgehead atoms. The van der Waals surface area contributed by atoms with Gasteiger partial charge in [-0.2, -0.15) is 0 Å². The average Bonchev–Trinajstić information content (AvgIpc) is 3.09. The number of aryl methyl sites for hydroxylation is 1. The number of ether oxygens (including phenoxy) is 2. The number of carbonyl (C=O) groups is 1. The third kappa shape index (κ3) is 3.88. The fraction of sp³-hybridized carbons (Fsp3) is 0.167. The highest BCUT2D eigenvalue weighted by Crippen LogP contribution is 2.27. The van der Waals surface area contributed by atoms with Crippen LogP contribution in [0.3, 0.4) is 0 Å². The van der Waals surface area contributed by atoms with Crippen LogP contribution < -0.4 is 4.74 Å². The molecule has 0 aliphatic heterocycles. The van der Waals surface area contributed by atoms with Gasteiger partial charge in [0.25, 0.3) is 5.89 Å². The van der Waals surface area contributed by atoms with Crippen molar-refractivity contribution in [1.82, 2.24) is 10.2 Å². The zero-order chi connectivity index (χ0) is 17.8. The van der Waals surface area contributed by atoms with Gasteiger partial charge in [-0.25, -0.2) is 4.79 Å². The highest BCUT2D eigenvalue weighted by Gasteiger charge is 2.14. The lowest BCUT2D eigenvalue weighted by Crippen LogP contribution is -2.06. The Morgan fingerprint density at radius 1 is 1.20 bits per heavy atom. The van der Waals surface area contributed by atoms with Gasteiger partial charge < -0.3 is 13.9 Å². The van der Waals surface area contributed by atoms with Crippen LogP contribution in [0.25, 0.3) is 11.5 Å². The molecule has 7 heteroatoms. The summed E-state index contributed by atoms with van der Waals surface area (Å²) in [5.41, 5.74) is 2.11. The van der Waals surface area contributed by atoms with Crippen LogP contribution in [0.2, 0.25) is 0 Å². The van der Waals surface area contributed by atoms with Gasteiger partial charge in [-0.05, 0) is 52.7 Å². The van der Waals surface area contributed by atoms with Gasteiger partial charge in [0.15, 0.2) is 6.61 Å². The first-order valence-electron chi connectivity index (χ1n) is 7.47. The summed E-state index contributed by atoms with van der Waals surface area (Å²) in [4.78, 5) is 12.2. The molecule has 0 amide bonds. The fourth-order valence-electron chi connectivity index (χ4n) is 2.21. The van der Waals surface area contributed by atoms with Crippen molar-refractivity contribution in [2.24, 2.45) is 0 Å². The Kier molecular flexibility index (Phi) is 5.14. The van der Waals surface area contributed by atoms with Crippen molar-refractivity contribution in [3.63, 3.8) is 0 Å². The average molecular weight is 403 g/mol. The van der Waals surface area contributed by atoms with Gasteiger partial charge in [0.1, 0.15) is 5.75 Å². The van der Waals surface area contributed by atoms with E-state index in [0.717, 1.165) is 15.6 Å². The predicted octanol–water partition coefficient (Wildman–Crippen LogP) is 4.17. The Labute approximate surface area is 152 Å². The molecule has 3 rings (SSSR count). The molecule has 0 saturated carbocycles. The molecule has 0 N–H and O–H groups in total. The Bertz CT molecular complexity index is 908. The maximum atomic E-state index is 12.2. The van der Waals surface area contributed by atoms with Crippen molar-refractivity contribution in [3.05, 3.63) is 64.0 Å². The molecule has 0 radical (unpaired) electrons. The van der Waals surface area contributed by atoms with E-state index in [2.05, 4.69) is 26.1 Å². The molecule has 0 aliphatic rings. The van der Waals surface area contributed by atoms with Crippen LogP contribution in [0.4, 0.5) is 0 Å². The molecule has 1 heterocycles. The SMILES string of the molecule is COc1cc(C(=O)OCc2nnc(-c3ccccc3Br)o2)ccc1C. The first kappa shape index (κ1) is 17.2. The standard InChI is InChI=1S/C18H15BrN2O4/c1-11-7-8-12(9-15(11)23-2)18(22)24-10-16-20-21-17(25-16)13-5-3-4-6-14(13)19/h3-9H,10H2,1-2H3. The summed E-state index contributed by atoms with van der Waals surface area (Å²) in [6, 6.07) is 12.6. The van der Waals surface area contributed by atoms with Crippen LogP contribution in [-0.2, 0) is 11.3 Å². The molecule has 6 nitrogen and oxygen atoms in total. The molecule has 128 valence electrons. The monoisotopic (exact) mass is 402 g/mol. The Morgan fingerprint density at radius 2 is 2.00 bits per heavy atom. The Morgan fingerprint density at radius 3 is 2.76 bits per heavy atom. The molecule has 25 heavy (non-hydrogen) atoms. The first-order chi connectivity index (χ1) is 12.1. The molecular weight excluding hydrogens is 388 g/mol. The molecule has 0 fully saturated rings. The number of hydrogen-bond acceptors (Lipinski definition) is 6. The van der Waals surface area contributed by atoms with Gasteiger partial charge in [0.2, 0.25) is 5.89 Å². The number of halogens is 1. The summed E-state index contributed by atoms with van der Waals surface area (Å²) in [7, 11) is 1.55. The number of carbonyl (C=O) groups excluding carboxylic acids is 1. The molecule has 0 unspecified atom stereocenters. The minimum absolute atomic E-state index is 0.105. The van der Waals surface area contributed by atoms with Crippen LogP contribution in [0.1, 0.15) is 21.8 Å². The molecule has 0 saturated heterocycles. The van der Waals surface area contributed by atoms with Gasteiger partial charge in [0, 0.05) is 4.47 Å². The fourth-order valence-corrected chi connectivity index (χ4v) is 2.67. The van der Waals surface area contributed by atoms with Gasteiger partial charge in [-0.15, -0.1) is 10.2 Å². The summed E-state index contributed by atoms with van der Waals surface area (Å²) in [6.45, 7) is 1.79. The number of methoxy groups -OCH3 is 1. The van der Waals surface area contributed by atoms with E-state index in [1.165, 1.54) is 0 Å². The number of hydrogen-bond donors (Lipinski definition) is 0. The van der Waals surface area contributed by atoms with Crippen molar-refractivity contribution >= 4 is 21.9 Å². The van der Waals surface area contributed by atoms with Crippen molar-refractivity contribution in [2.45, 2.75) is 13.5 Å². The van der Waals surface area contributed by atoms with E-state index in [0.29, 0.717) is 17.2 Å². The number of benzene rings is 2. The molecule has 3 aromatic rings. The first-order valence-corrected chi connectivity index (χ1v) is 8.27. The molecule has 1 aromatic heterocycles. The minimum Gasteiger partial charge on any atom is -0.496 e. The third-order valence-electron chi connectivity index (χ3n) is 3.54. The van der Waals surface area contributed by atoms with Gasteiger partial charge in [-0.3, -0.25) is 0 Å². The van der Waals surface area contributed by atoms with Crippen LogP contribution in [0.15, 0.2) is 51.4 Å². The van der Waals surface area contributed by atoms with E-state index in [4.69, 9.17) is 13.9 Å². The summed E-state index contributed by atoms with van der Waals surface area (Å²) < 4.78 is 16.8. The van der Waals surface area contributed by atoms with Gasteiger partial charge >= 0.3 is 5.97 Å². The molecule has 0 spiro atoms. The van der Waals surface area contributed by atoms with Crippen LogP contribution in [0.5, 0.6) is 5.75 Å². The van der Waals surface area contributed by atoms with E-state index < -0.39 is 5.97 Å². The van der Waals surface area contributed by atoms with Crippen molar-refractivity contribution < 1.29 is 18.7 Å². The smallest absolute Gasteiger partial charge is 0.338 e. The normalized spacial score (nSPS) is 10.5. The van der Waals surface area contributed by atoms with Crippen LogP contribution in [0, 0.1) is 6.92 Å². The topological polar surface area (TPSA) is 74.5 Å². The maximum absolute atomic E-state index is 12.2. The lowest BCUT2D eigenvalue weighted by Gasteiger charge is -2.07. The van der Waals surface area contributed by atoms with E-state index in [1.54, 1.807) is 25.3 Å². The quantitative estimate of drug-likeness (QED) is 0.596. The second-order valence-electron chi connectivity index (χ2n) is 5.24. The number of esters is 1.